The van der Waals surface area contributed by atoms with Crippen molar-refractivity contribution in [2.75, 3.05) is 6.61 Å². The van der Waals surface area contributed by atoms with Crippen LogP contribution in [0.15, 0.2) is 0 Å². The highest BCUT2D eigenvalue weighted by Crippen LogP contribution is 2.11. The number of ketones is 2. The maximum Gasteiger partial charge on any atom is 0.303 e. The Morgan fingerprint density at radius 1 is 0.889 bits per heavy atom. The van der Waals surface area contributed by atoms with E-state index in [1.165, 1.54) is 0 Å². The van der Waals surface area contributed by atoms with Gasteiger partial charge in [0.15, 0.2) is 0 Å². The third-order valence-electron chi connectivity index (χ3n) is 5.14. The van der Waals surface area contributed by atoms with Crippen LogP contribution >= 0.6 is 22.6 Å². The molecule has 36 heavy (non-hydrogen) atoms. The Kier molecular flexibility index (Phi) is 16.3. The minimum Gasteiger partial charge on any atom is -0.481 e. The second kappa shape index (κ2) is 17.3. The van der Waals surface area contributed by atoms with Gasteiger partial charge >= 0.3 is 5.97 Å². The van der Waals surface area contributed by atoms with Crippen molar-refractivity contribution in [1.29, 1.82) is 0 Å². The Morgan fingerprint density at radius 2 is 1.44 bits per heavy atom. The number of alkyl halides is 1. The van der Waals surface area contributed by atoms with Gasteiger partial charge in [0.2, 0.25) is 29.3 Å². The molecule has 0 bridgehead atoms. The number of carbonyl (C=O) groups is 6. The van der Waals surface area contributed by atoms with Crippen LogP contribution in [-0.2, 0) is 28.8 Å². The van der Waals surface area contributed by atoms with Gasteiger partial charge in [-0.3, -0.25) is 34.1 Å². The van der Waals surface area contributed by atoms with Crippen LogP contribution < -0.4 is 27.4 Å². The number of halogens is 1. The molecule has 13 nitrogen and oxygen atoms in total. The van der Waals surface area contributed by atoms with E-state index in [1.54, 1.807) is 0 Å². The molecule has 0 aromatic carbocycles. The van der Waals surface area contributed by atoms with Gasteiger partial charge in [-0.2, -0.15) is 0 Å². The van der Waals surface area contributed by atoms with E-state index in [0.717, 1.165) is 6.42 Å². The molecular formula is C22H38IN5O8. The molecule has 9 N–H and O–H groups in total. The van der Waals surface area contributed by atoms with Crippen LogP contribution in [0.4, 0.5) is 0 Å². The summed E-state index contributed by atoms with van der Waals surface area (Å²) in [5, 5.41) is 26.3. The van der Waals surface area contributed by atoms with Gasteiger partial charge in [-0.25, -0.2) is 0 Å². The van der Waals surface area contributed by atoms with Crippen molar-refractivity contribution in [3.63, 3.8) is 0 Å². The number of rotatable bonds is 19. The van der Waals surface area contributed by atoms with E-state index < -0.39 is 72.5 Å². The van der Waals surface area contributed by atoms with Crippen molar-refractivity contribution in [1.82, 2.24) is 16.0 Å². The molecule has 0 aliphatic heterocycles. The van der Waals surface area contributed by atoms with Crippen molar-refractivity contribution < 1.29 is 39.0 Å². The number of carboxylic acids is 1. The molecule has 0 saturated heterocycles. The third kappa shape index (κ3) is 13.2. The van der Waals surface area contributed by atoms with Gasteiger partial charge in [0.25, 0.3) is 0 Å². The first kappa shape index (κ1) is 33.8. The fourth-order valence-electron chi connectivity index (χ4n) is 3.11. The lowest BCUT2D eigenvalue weighted by molar-refractivity contribution is -0.142. The minimum atomic E-state index is -1.58. The zero-order chi connectivity index (χ0) is 28.0. The molecule has 0 saturated carbocycles. The molecule has 206 valence electrons. The van der Waals surface area contributed by atoms with Gasteiger partial charge < -0.3 is 32.3 Å². The lowest BCUT2D eigenvalue weighted by Gasteiger charge is -2.25. The van der Waals surface area contributed by atoms with Crippen molar-refractivity contribution >= 4 is 57.8 Å². The number of aliphatic hydroxyl groups excluding tert-OH is 1. The fraction of sp³-hybridized carbons (Fsp3) is 0.727. The summed E-state index contributed by atoms with van der Waals surface area (Å²) in [5.41, 5.74) is 10.8. The Morgan fingerprint density at radius 3 is 1.92 bits per heavy atom. The van der Waals surface area contributed by atoms with Gasteiger partial charge in [0, 0.05) is 12.8 Å². The molecule has 0 aromatic heterocycles. The number of Topliss-reactive ketones (excluding diaryl/α,β-unsaturated/α-hetero) is 2. The molecule has 14 heteroatoms. The van der Waals surface area contributed by atoms with E-state index in [9.17, 15) is 33.9 Å². The molecular weight excluding hydrogens is 589 g/mol. The summed E-state index contributed by atoms with van der Waals surface area (Å²) in [6.07, 6.45) is -0.113. The first-order valence-electron chi connectivity index (χ1n) is 11.7. The number of carboxylic acid groups (broad SMARTS) is 1. The molecule has 5 atom stereocenters. The van der Waals surface area contributed by atoms with Crippen molar-refractivity contribution in [2.45, 2.75) is 87.5 Å². The highest BCUT2D eigenvalue weighted by molar-refractivity contribution is 14.1. The second-order valence-corrected chi connectivity index (χ2v) is 10.3. The monoisotopic (exact) mass is 627 g/mol. The average molecular weight is 627 g/mol. The third-order valence-corrected chi connectivity index (χ3v) is 6.38. The van der Waals surface area contributed by atoms with Crippen LogP contribution in [0, 0.1) is 5.92 Å². The largest absolute Gasteiger partial charge is 0.481 e. The first-order chi connectivity index (χ1) is 16.7. The molecule has 3 amide bonds. The van der Waals surface area contributed by atoms with E-state index in [-0.39, 0.29) is 29.2 Å². The quantitative estimate of drug-likeness (QED) is 0.0388. The van der Waals surface area contributed by atoms with Gasteiger partial charge in [-0.1, -0.05) is 43.4 Å². The number of amides is 3. The number of primary amides is 1. The van der Waals surface area contributed by atoms with Crippen LogP contribution in [-0.4, -0.2) is 80.3 Å². The van der Waals surface area contributed by atoms with Crippen LogP contribution in [0.25, 0.3) is 0 Å². The molecule has 0 aromatic rings. The lowest BCUT2D eigenvalue weighted by atomic mass is 9.97. The Bertz CT molecular complexity index is 794. The summed E-state index contributed by atoms with van der Waals surface area (Å²) in [7, 11) is 0. The van der Waals surface area contributed by atoms with Gasteiger partial charge in [-0.15, -0.1) is 0 Å². The van der Waals surface area contributed by atoms with E-state index >= 15 is 0 Å². The van der Waals surface area contributed by atoms with Crippen LogP contribution in [0.1, 0.15) is 59.3 Å². The van der Waals surface area contributed by atoms with Crippen molar-refractivity contribution in [3.05, 3.63) is 0 Å². The molecule has 0 heterocycles. The molecule has 0 aliphatic carbocycles. The average Bonchev–Trinajstić information content (AvgIpc) is 2.81. The van der Waals surface area contributed by atoms with Gasteiger partial charge in [0.1, 0.15) is 6.04 Å². The number of nitrogens with two attached hydrogens (primary N) is 2. The van der Waals surface area contributed by atoms with E-state index in [0.29, 0.717) is 6.42 Å². The Labute approximate surface area is 224 Å². The molecule has 0 radical (unpaired) electrons. The standard InChI is InChI=1S/C22H38IN5O8/c1-4-16(23)26-14(9-11(2)3)22(36)28-15(10-29)20(34)19(33)13(6-7-17(25)30)27-21(35)12(24)5-8-18(31)32/h11-16,26,29H,4-10,24H2,1-3H3,(H2,25,30)(H,27,35)(H,28,36)(H,31,32)/t12-,13-,14-,15-,16-/m0/s1. The molecule has 0 fully saturated rings. The number of nitrogens with one attached hydrogen (secondary N) is 3. The minimum absolute atomic E-state index is 0.0271. The zero-order valence-electron chi connectivity index (χ0n) is 20.8. The summed E-state index contributed by atoms with van der Waals surface area (Å²) < 4.78 is -0.0271. The smallest absolute Gasteiger partial charge is 0.303 e. The maximum atomic E-state index is 12.9. The SMILES string of the molecule is CC[C@@H](I)N[C@@H](CC(C)C)C(=O)N[C@@H](CO)C(=O)C(=O)[C@H](CCC(N)=O)NC(=O)[C@@H](N)CCC(=O)O. The lowest BCUT2D eigenvalue weighted by Crippen LogP contribution is -2.57. The Hall–Kier alpha value is -2.17. The molecule has 0 rings (SSSR count). The molecule has 0 unspecified atom stereocenters. The maximum absolute atomic E-state index is 12.9. The number of aliphatic carboxylic acids is 1. The summed E-state index contributed by atoms with van der Waals surface area (Å²) in [4.78, 5) is 72.9. The predicted octanol–water partition coefficient (Wildman–Crippen LogP) is -1.28. The summed E-state index contributed by atoms with van der Waals surface area (Å²) in [6, 6.07) is -5.05. The highest BCUT2D eigenvalue weighted by Gasteiger charge is 2.35. The van der Waals surface area contributed by atoms with Crippen LogP contribution in [0.2, 0.25) is 0 Å². The number of hydrogen-bond acceptors (Lipinski definition) is 9. The number of hydrogen-bond donors (Lipinski definition) is 7. The van der Waals surface area contributed by atoms with E-state index in [4.69, 9.17) is 16.6 Å². The number of carbonyl (C=O) groups excluding carboxylic acids is 5. The van der Waals surface area contributed by atoms with Crippen molar-refractivity contribution in [3.8, 4) is 0 Å². The first-order valence-corrected chi connectivity index (χ1v) is 12.9. The van der Waals surface area contributed by atoms with Crippen molar-refractivity contribution in [2.24, 2.45) is 17.4 Å². The fourth-order valence-corrected chi connectivity index (χ4v) is 3.55. The molecule has 0 spiro atoms. The second-order valence-electron chi connectivity index (χ2n) is 8.80. The normalized spacial score (nSPS) is 15.3. The highest BCUT2D eigenvalue weighted by atomic mass is 127. The zero-order valence-corrected chi connectivity index (χ0v) is 22.9. The summed E-state index contributed by atoms with van der Waals surface area (Å²) >= 11 is 2.13. The van der Waals surface area contributed by atoms with E-state index in [1.807, 2.05) is 20.8 Å². The number of aliphatic hydroxyl groups is 1. The van der Waals surface area contributed by atoms with E-state index in [2.05, 4.69) is 38.5 Å². The van der Waals surface area contributed by atoms with Crippen LogP contribution in [0.5, 0.6) is 0 Å². The summed E-state index contributed by atoms with van der Waals surface area (Å²) in [6.45, 7) is 4.89. The van der Waals surface area contributed by atoms with Gasteiger partial charge in [0.05, 0.1) is 28.8 Å². The van der Waals surface area contributed by atoms with Crippen LogP contribution in [0.3, 0.4) is 0 Å². The summed E-state index contributed by atoms with van der Waals surface area (Å²) in [5.74, 6) is -5.64. The topological polar surface area (TPSA) is 231 Å². The molecule has 0 aliphatic rings. The predicted molar refractivity (Wildman–Crippen MR) is 139 cm³/mol. The van der Waals surface area contributed by atoms with Gasteiger partial charge in [-0.05, 0) is 31.6 Å². The Balaban J connectivity index is 5.56.